The van der Waals surface area contributed by atoms with Crippen LogP contribution in [0.25, 0.3) is 5.70 Å². The van der Waals surface area contributed by atoms with Gasteiger partial charge in [-0.25, -0.2) is 0 Å². The van der Waals surface area contributed by atoms with Crippen molar-refractivity contribution in [2.24, 2.45) is 5.41 Å². The van der Waals surface area contributed by atoms with Crippen LogP contribution in [-0.2, 0) is 9.59 Å². The van der Waals surface area contributed by atoms with Gasteiger partial charge in [-0.2, -0.15) is 0 Å². The minimum absolute atomic E-state index is 0.263. The Labute approximate surface area is 141 Å². The van der Waals surface area contributed by atoms with Crippen LogP contribution in [0.1, 0.15) is 56.0 Å². The number of ether oxygens (including phenoxy) is 1. The second-order valence-corrected chi connectivity index (χ2v) is 6.75. The van der Waals surface area contributed by atoms with E-state index < -0.39 is 17.0 Å². The molecular formula is C19H21NO4. The molecule has 0 unspecified atom stereocenters. The third-order valence-electron chi connectivity index (χ3n) is 4.64. The molecule has 0 atom stereocenters. The SMILES string of the molecule is CCCCCOc1ccc2c(c1)C(=O)C(=O)C1=C2NC(=O)C1(C)C. The smallest absolute Gasteiger partial charge is 0.234 e. The van der Waals surface area contributed by atoms with Crippen LogP contribution < -0.4 is 10.1 Å². The number of amides is 1. The van der Waals surface area contributed by atoms with Gasteiger partial charge < -0.3 is 10.1 Å². The highest BCUT2D eigenvalue weighted by Gasteiger charge is 2.49. The lowest BCUT2D eigenvalue weighted by Gasteiger charge is -2.21. The number of fused-ring (bicyclic) bond motifs is 2. The molecule has 126 valence electrons. The molecule has 0 saturated heterocycles. The van der Waals surface area contributed by atoms with Gasteiger partial charge in [0.25, 0.3) is 0 Å². The summed E-state index contributed by atoms with van der Waals surface area (Å²) in [5.41, 5.74) is 0.623. The average Bonchev–Trinajstić information content (AvgIpc) is 2.79. The van der Waals surface area contributed by atoms with Gasteiger partial charge in [0.05, 0.1) is 17.7 Å². The Bertz CT molecular complexity index is 774. The zero-order valence-electron chi connectivity index (χ0n) is 14.2. The van der Waals surface area contributed by atoms with Crippen molar-refractivity contribution >= 4 is 23.2 Å². The molecule has 1 aromatic carbocycles. The van der Waals surface area contributed by atoms with Crippen molar-refractivity contribution in [2.75, 3.05) is 6.61 Å². The number of Topliss-reactive ketones (excluding diaryl/α,β-unsaturated/α-hetero) is 2. The van der Waals surface area contributed by atoms with E-state index in [2.05, 4.69) is 12.2 Å². The molecule has 1 N–H and O–H groups in total. The van der Waals surface area contributed by atoms with Crippen LogP contribution in [0.5, 0.6) is 5.75 Å². The minimum atomic E-state index is -0.991. The van der Waals surface area contributed by atoms with E-state index in [9.17, 15) is 14.4 Å². The fourth-order valence-electron chi connectivity index (χ4n) is 3.15. The van der Waals surface area contributed by atoms with Gasteiger partial charge in [0.1, 0.15) is 5.75 Å². The molecule has 3 rings (SSSR count). The summed E-state index contributed by atoms with van der Waals surface area (Å²) in [6, 6.07) is 5.12. The maximum Gasteiger partial charge on any atom is 0.234 e. The number of hydrogen-bond donors (Lipinski definition) is 1. The van der Waals surface area contributed by atoms with Crippen LogP contribution >= 0.6 is 0 Å². The van der Waals surface area contributed by atoms with E-state index in [1.165, 1.54) is 0 Å². The number of hydrogen-bond acceptors (Lipinski definition) is 4. The van der Waals surface area contributed by atoms with Crippen molar-refractivity contribution in [3.63, 3.8) is 0 Å². The minimum Gasteiger partial charge on any atom is -0.494 e. The molecule has 0 fully saturated rings. The number of rotatable bonds is 5. The molecule has 2 aliphatic rings. The van der Waals surface area contributed by atoms with Crippen LogP contribution in [0.2, 0.25) is 0 Å². The molecule has 5 nitrogen and oxygen atoms in total. The predicted molar refractivity (Wildman–Crippen MR) is 89.6 cm³/mol. The summed E-state index contributed by atoms with van der Waals surface area (Å²) in [6.07, 6.45) is 3.13. The largest absolute Gasteiger partial charge is 0.494 e. The monoisotopic (exact) mass is 327 g/mol. The van der Waals surface area contributed by atoms with Crippen molar-refractivity contribution in [3.8, 4) is 5.75 Å². The maximum atomic E-state index is 12.5. The van der Waals surface area contributed by atoms with Gasteiger partial charge in [-0.05, 0) is 38.5 Å². The molecule has 24 heavy (non-hydrogen) atoms. The number of ketones is 2. The van der Waals surface area contributed by atoms with Crippen molar-refractivity contribution < 1.29 is 19.1 Å². The predicted octanol–water partition coefficient (Wildman–Crippen LogP) is 2.89. The Balaban J connectivity index is 1.96. The topological polar surface area (TPSA) is 72.5 Å². The van der Waals surface area contributed by atoms with Gasteiger partial charge >= 0.3 is 0 Å². The first-order valence-corrected chi connectivity index (χ1v) is 8.30. The molecule has 0 bridgehead atoms. The van der Waals surface area contributed by atoms with Gasteiger partial charge in [0.15, 0.2) is 0 Å². The summed E-state index contributed by atoms with van der Waals surface area (Å²) in [5.74, 6) is -0.878. The number of nitrogens with one attached hydrogen (secondary N) is 1. The van der Waals surface area contributed by atoms with E-state index in [1.54, 1.807) is 32.0 Å². The summed E-state index contributed by atoms with van der Waals surface area (Å²) in [6.45, 7) is 6.01. The molecule has 0 spiro atoms. The first kappa shape index (κ1) is 16.4. The zero-order chi connectivity index (χ0) is 17.5. The van der Waals surface area contributed by atoms with Crippen LogP contribution in [0.15, 0.2) is 23.8 Å². The number of benzene rings is 1. The van der Waals surface area contributed by atoms with Gasteiger partial charge in [-0.1, -0.05) is 19.8 Å². The standard InChI is InChI=1S/C19H21NO4/c1-4-5-6-9-24-11-7-8-12-13(10-11)16(21)17(22)14-15(12)20-18(23)19(14,2)3/h7-8,10H,4-6,9H2,1-3H3,(H,20,23). The van der Waals surface area contributed by atoms with Crippen molar-refractivity contribution in [1.29, 1.82) is 0 Å². The summed E-state index contributed by atoms with van der Waals surface area (Å²) in [7, 11) is 0. The molecular weight excluding hydrogens is 306 g/mol. The number of carbonyl (C=O) groups is 3. The summed E-state index contributed by atoms with van der Waals surface area (Å²) >= 11 is 0. The lowest BCUT2D eigenvalue weighted by atomic mass is 9.77. The Morgan fingerprint density at radius 1 is 1.04 bits per heavy atom. The highest BCUT2D eigenvalue weighted by atomic mass is 16.5. The Morgan fingerprint density at radius 2 is 1.79 bits per heavy atom. The van der Waals surface area contributed by atoms with Crippen molar-refractivity contribution in [1.82, 2.24) is 5.32 Å². The fraction of sp³-hybridized carbons (Fsp3) is 0.421. The normalized spacial score (nSPS) is 18.4. The molecule has 5 heteroatoms. The molecule has 0 saturated carbocycles. The van der Waals surface area contributed by atoms with Crippen molar-refractivity contribution in [3.05, 3.63) is 34.9 Å². The molecule has 0 aromatic heterocycles. The fourth-order valence-corrected chi connectivity index (χ4v) is 3.15. The quantitative estimate of drug-likeness (QED) is 0.667. The van der Waals surface area contributed by atoms with E-state index in [0.717, 1.165) is 19.3 Å². The number of unbranched alkanes of at least 4 members (excludes halogenated alkanes) is 2. The van der Waals surface area contributed by atoms with Crippen LogP contribution in [0.4, 0.5) is 0 Å². The Hall–Kier alpha value is -2.43. The van der Waals surface area contributed by atoms with Gasteiger partial charge in [0, 0.05) is 16.7 Å². The molecule has 1 amide bonds. The van der Waals surface area contributed by atoms with Crippen molar-refractivity contribution in [2.45, 2.75) is 40.0 Å². The molecule has 0 radical (unpaired) electrons. The highest BCUT2D eigenvalue weighted by Crippen LogP contribution is 2.43. The van der Waals surface area contributed by atoms with E-state index in [-0.39, 0.29) is 11.5 Å². The third-order valence-corrected chi connectivity index (χ3v) is 4.64. The molecule has 1 aliphatic carbocycles. The first-order valence-electron chi connectivity index (χ1n) is 8.30. The zero-order valence-corrected chi connectivity index (χ0v) is 14.2. The first-order chi connectivity index (χ1) is 11.4. The van der Waals surface area contributed by atoms with E-state index >= 15 is 0 Å². The summed E-state index contributed by atoms with van der Waals surface area (Å²) < 4.78 is 5.66. The summed E-state index contributed by atoms with van der Waals surface area (Å²) in [5, 5.41) is 2.76. The van der Waals surface area contributed by atoms with Crippen LogP contribution in [-0.4, -0.2) is 24.1 Å². The van der Waals surface area contributed by atoms with E-state index in [4.69, 9.17) is 4.74 Å². The van der Waals surface area contributed by atoms with Gasteiger partial charge in [0.2, 0.25) is 17.5 Å². The van der Waals surface area contributed by atoms with E-state index in [0.29, 0.717) is 29.2 Å². The second-order valence-electron chi connectivity index (χ2n) is 6.75. The Morgan fingerprint density at radius 3 is 2.50 bits per heavy atom. The number of carbonyl (C=O) groups excluding carboxylic acids is 3. The maximum absolute atomic E-state index is 12.5. The average molecular weight is 327 g/mol. The van der Waals surface area contributed by atoms with Gasteiger partial charge in [-0.3, -0.25) is 14.4 Å². The lowest BCUT2D eigenvalue weighted by molar-refractivity contribution is -0.126. The lowest BCUT2D eigenvalue weighted by Crippen LogP contribution is -2.32. The highest BCUT2D eigenvalue weighted by molar-refractivity contribution is 6.54. The van der Waals surface area contributed by atoms with Crippen LogP contribution in [0.3, 0.4) is 0 Å². The molecule has 1 aliphatic heterocycles. The molecule has 1 heterocycles. The molecule has 1 aromatic rings. The van der Waals surface area contributed by atoms with Crippen LogP contribution in [0, 0.1) is 5.41 Å². The second kappa shape index (κ2) is 5.89. The van der Waals surface area contributed by atoms with Gasteiger partial charge in [-0.15, -0.1) is 0 Å². The summed E-state index contributed by atoms with van der Waals surface area (Å²) in [4.78, 5) is 37.2. The Kier molecular flexibility index (Phi) is 4.03. The van der Waals surface area contributed by atoms with E-state index in [1.807, 2.05) is 0 Å². The third kappa shape index (κ3) is 2.44.